The van der Waals surface area contributed by atoms with E-state index < -0.39 is 0 Å². The second-order valence-corrected chi connectivity index (χ2v) is 6.93. The van der Waals surface area contributed by atoms with E-state index in [1.807, 2.05) is 0 Å². The molecule has 1 aromatic heterocycles. The molecular formula is C19H36N6. The molecule has 0 aliphatic carbocycles. The Morgan fingerprint density at radius 2 is 1.96 bits per heavy atom. The minimum atomic E-state index is 0.682. The van der Waals surface area contributed by atoms with E-state index >= 15 is 0 Å². The largest absolute Gasteiger partial charge is 0.357 e. The lowest BCUT2D eigenvalue weighted by molar-refractivity contribution is 0.504. The summed E-state index contributed by atoms with van der Waals surface area (Å²) in [5, 5.41) is 15.6. The average molecular weight is 349 g/mol. The number of hydrogen-bond donors (Lipinski definition) is 2. The molecule has 142 valence electrons. The molecule has 0 saturated heterocycles. The Hall–Kier alpha value is -1.59. The van der Waals surface area contributed by atoms with Gasteiger partial charge in [-0.15, -0.1) is 10.2 Å². The third-order valence-corrected chi connectivity index (χ3v) is 5.06. The maximum atomic E-state index is 4.73. The molecule has 1 aromatic rings. The summed E-state index contributed by atoms with van der Waals surface area (Å²) < 4.78 is 2.35. The van der Waals surface area contributed by atoms with Gasteiger partial charge in [-0.3, -0.25) is 4.99 Å². The normalized spacial score (nSPS) is 15.1. The van der Waals surface area contributed by atoms with Gasteiger partial charge in [0.2, 0.25) is 0 Å². The molecule has 1 aliphatic rings. The van der Waals surface area contributed by atoms with E-state index in [1.165, 1.54) is 37.9 Å². The van der Waals surface area contributed by atoms with Crippen molar-refractivity contribution in [1.82, 2.24) is 25.4 Å². The molecule has 25 heavy (non-hydrogen) atoms. The van der Waals surface area contributed by atoms with E-state index in [-0.39, 0.29) is 0 Å². The highest BCUT2D eigenvalue weighted by Gasteiger charge is 2.14. The quantitative estimate of drug-likeness (QED) is 0.409. The number of rotatable bonds is 9. The van der Waals surface area contributed by atoms with Crippen LogP contribution in [0.2, 0.25) is 0 Å². The van der Waals surface area contributed by atoms with Gasteiger partial charge in [-0.2, -0.15) is 0 Å². The zero-order valence-electron chi connectivity index (χ0n) is 16.4. The summed E-state index contributed by atoms with van der Waals surface area (Å²) in [5.74, 6) is 3.95. The molecule has 2 heterocycles. The molecule has 1 aliphatic heterocycles. The number of guanidine groups is 1. The van der Waals surface area contributed by atoms with E-state index in [4.69, 9.17) is 4.99 Å². The molecule has 0 radical (unpaired) electrons. The van der Waals surface area contributed by atoms with Crippen LogP contribution in [-0.2, 0) is 19.4 Å². The fourth-order valence-electron chi connectivity index (χ4n) is 3.29. The van der Waals surface area contributed by atoms with Crippen LogP contribution in [0.1, 0.15) is 70.9 Å². The van der Waals surface area contributed by atoms with Gasteiger partial charge in [-0.1, -0.05) is 33.1 Å². The van der Waals surface area contributed by atoms with Crippen LogP contribution in [-0.4, -0.2) is 40.4 Å². The van der Waals surface area contributed by atoms with Gasteiger partial charge in [-0.25, -0.2) is 0 Å². The highest BCUT2D eigenvalue weighted by molar-refractivity contribution is 5.79. The number of fused-ring (bicyclic) bond motifs is 1. The van der Waals surface area contributed by atoms with Crippen LogP contribution in [0.3, 0.4) is 0 Å². The third kappa shape index (κ3) is 6.33. The summed E-state index contributed by atoms with van der Waals surface area (Å²) in [5.41, 5.74) is 0. The van der Waals surface area contributed by atoms with Crippen LogP contribution in [0.5, 0.6) is 0 Å². The molecule has 0 spiro atoms. The smallest absolute Gasteiger partial charge is 0.191 e. The predicted molar refractivity (Wildman–Crippen MR) is 104 cm³/mol. The van der Waals surface area contributed by atoms with Crippen molar-refractivity contribution in [2.24, 2.45) is 10.9 Å². The van der Waals surface area contributed by atoms with Gasteiger partial charge in [0.1, 0.15) is 11.6 Å². The third-order valence-electron chi connectivity index (χ3n) is 5.06. The van der Waals surface area contributed by atoms with E-state index in [0.29, 0.717) is 5.92 Å². The highest BCUT2D eigenvalue weighted by atomic mass is 15.3. The summed E-state index contributed by atoms with van der Waals surface area (Å²) in [6, 6.07) is 0. The SMILES string of the molecule is CCNC(=NCC(CC)CC)NCCCc1nnc2n1CCCCC2. The minimum Gasteiger partial charge on any atom is -0.357 e. The minimum absolute atomic E-state index is 0.682. The van der Waals surface area contributed by atoms with Crippen LogP contribution >= 0.6 is 0 Å². The highest BCUT2D eigenvalue weighted by Crippen LogP contribution is 2.15. The van der Waals surface area contributed by atoms with Gasteiger partial charge in [0, 0.05) is 39.0 Å². The Morgan fingerprint density at radius 3 is 2.72 bits per heavy atom. The Bertz CT molecular complexity index is 518. The van der Waals surface area contributed by atoms with Crippen molar-refractivity contribution < 1.29 is 0 Å². The summed E-state index contributed by atoms with van der Waals surface area (Å²) in [6.45, 7) is 10.4. The summed E-state index contributed by atoms with van der Waals surface area (Å²) in [7, 11) is 0. The van der Waals surface area contributed by atoms with E-state index in [2.05, 4.69) is 46.2 Å². The fraction of sp³-hybridized carbons (Fsp3) is 0.842. The van der Waals surface area contributed by atoms with E-state index in [1.54, 1.807) is 0 Å². The molecule has 0 fully saturated rings. The number of nitrogens with one attached hydrogen (secondary N) is 2. The topological polar surface area (TPSA) is 67.1 Å². The molecule has 2 rings (SSSR count). The molecule has 0 unspecified atom stereocenters. The van der Waals surface area contributed by atoms with Crippen molar-refractivity contribution in [3.63, 3.8) is 0 Å². The predicted octanol–water partition coefficient (Wildman–Crippen LogP) is 2.93. The first-order valence-corrected chi connectivity index (χ1v) is 10.2. The van der Waals surface area contributed by atoms with Crippen LogP contribution < -0.4 is 10.6 Å². The molecule has 0 bridgehead atoms. The van der Waals surface area contributed by atoms with Crippen molar-refractivity contribution in [1.29, 1.82) is 0 Å². The van der Waals surface area contributed by atoms with Crippen LogP contribution in [0.15, 0.2) is 4.99 Å². The number of aromatic nitrogens is 3. The van der Waals surface area contributed by atoms with E-state index in [0.717, 1.165) is 57.2 Å². The molecule has 0 aromatic carbocycles. The zero-order valence-corrected chi connectivity index (χ0v) is 16.4. The van der Waals surface area contributed by atoms with Crippen molar-refractivity contribution in [3.05, 3.63) is 11.6 Å². The molecule has 2 N–H and O–H groups in total. The van der Waals surface area contributed by atoms with Gasteiger partial charge in [0.15, 0.2) is 5.96 Å². The lowest BCUT2D eigenvalue weighted by Crippen LogP contribution is -2.38. The number of aryl methyl sites for hydroxylation is 2. The lowest BCUT2D eigenvalue weighted by Gasteiger charge is -2.14. The Kier molecular flexibility index (Phi) is 8.77. The van der Waals surface area contributed by atoms with Crippen LogP contribution in [0.25, 0.3) is 0 Å². The van der Waals surface area contributed by atoms with Gasteiger partial charge >= 0.3 is 0 Å². The molecule has 0 atom stereocenters. The Labute approximate surface area is 152 Å². The first kappa shape index (κ1) is 19.7. The lowest BCUT2D eigenvalue weighted by atomic mass is 10.0. The fourth-order valence-corrected chi connectivity index (χ4v) is 3.29. The van der Waals surface area contributed by atoms with Gasteiger partial charge < -0.3 is 15.2 Å². The monoisotopic (exact) mass is 348 g/mol. The number of aliphatic imine (C=N–C) groups is 1. The molecule has 0 amide bonds. The van der Waals surface area contributed by atoms with Gasteiger partial charge in [-0.05, 0) is 32.1 Å². The maximum absolute atomic E-state index is 4.73. The summed E-state index contributed by atoms with van der Waals surface area (Å²) >= 11 is 0. The molecular weight excluding hydrogens is 312 g/mol. The second-order valence-electron chi connectivity index (χ2n) is 6.93. The number of nitrogens with zero attached hydrogens (tertiary/aromatic N) is 4. The van der Waals surface area contributed by atoms with Crippen molar-refractivity contribution >= 4 is 5.96 Å². The summed E-state index contributed by atoms with van der Waals surface area (Å²) in [4.78, 5) is 4.73. The standard InChI is InChI=1S/C19H36N6/c1-4-16(5-2)15-22-19(20-6-3)21-13-10-12-18-24-23-17-11-8-7-9-14-25(17)18/h16H,4-15H2,1-3H3,(H2,20,21,22). The zero-order chi connectivity index (χ0) is 17.9. The first-order chi connectivity index (χ1) is 12.3. The Morgan fingerprint density at radius 1 is 1.12 bits per heavy atom. The molecule has 0 saturated carbocycles. The van der Waals surface area contributed by atoms with Crippen molar-refractivity contribution in [2.45, 2.75) is 78.7 Å². The summed E-state index contributed by atoms with van der Waals surface area (Å²) in [6.07, 6.45) is 9.30. The maximum Gasteiger partial charge on any atom is 0.191 e. The second kappa shape index (κ2) is 11.1. The Balaban J connectivity index is 1.78. The van der Waals surface area contributed by atoms with E-state index in [9.17, 15) is 0 Å². The van der Waals surface area contributed by atoms with Crippen LogP contribution in [0.4, 0.5) is 0 Å². The average Bonchev–Trinajstić information content (AvgIpc) is 2.86. The van der Waals surface area contributed by atoms with Gasteiger partial charge in [0.05, 0.1) is 0 Å². The first-order valence-electron chi connectivity index (χ1n) is 10.2. The van der Waals surface area contributed by atoms with Crippen molar-refractivity contribution in [3.8, 4) is 0 Å². The number of hydrogen-bond acceptors (Lipinski definition) is 3. The molecule has 6 heteroatoms. The van der Waals surface area contributed by atoms with Crippen LogP contribution in [0, 0.1) is 5.92 Å². The molecule has 6 nitrogen and oxygen atoms in total. The van der Waals surface area contributed by atoms with Crippen molar-refractivity contribution in [2.75, 3.05) is 19.6 Å². The van der Waals surface area contributed by atoms with Gasteiger partial charge in [0.25, 0.3) is 0 Å².